The molecule has 0 bridgehead atoms. The quantitative estimate of drug-likeness (QED) is 0.182. The van der Waals surface area contributed by atoms with Crippen LogP contribution in [0.5, 0.6) is 0 Å². The van der Waals surface area contributed by atoms with Crippen LogP contribution >= 0.6 is 0 Å². The van der Waals surface area contributed by atoms with Crippen LogP contribution in [0.1, 0.15) is 26.7 Å². The van der Waals surface area contributed by atoms with E-state index in [1.54, 1.807) is 13.8 Å². The third-order valence-corrected chi connectivity index (χ3v) is 3.70. The molecule has 0 aliphatic heterocycles. The van der Waals surface area contributed by atoms with Crippen LogP contribution in [0.4, 0.5) is 0 Å². The first-order valence-electron chi connectivity index (χ1n) is 8.19. The molecule has 0 aromatic carbocycles. The zero-order valence-electron chi connectivity index (χ0n) is 15.0. The molecule has 148 valence electrons. The Kier molecular flexibility index (Phi) is 11.5. The first-order chi connectivity index (χ1) is 11.7. The third-order valence-electron chi connectivity index (χ3n) is 3.70. The molecular weight excluding hydrogens is 334 g/mol. The highest BCUT2D eigenvalue weighted by Gasteiger charge is 2.25. The normalized spacial score (nSPS) is 12.1. The molecule has 5 N–H and O–H groups in total. The van der Waals surface area contributed by atoms with Crippen molar-refractivity contribution < 1.29 is 39.5 Å². The average Bonchev–Trinajstić information content (AvgIpc) is 2.63. The van der Waals surface area contributed by atoms with Crippen LogP contribution in [-0.4, -0.2) is 85.1 Å². The Hall–Kier alpha value is -1.26. The van der Waals surface area contributed by atoms with Crippen molar-refractivity contribution >= 4 is 11.9 Å². The lowest BCUT2D eigenvalue weighted by Crippen LogP contribution is -2.33. The van der Waals surface area contributed by atoms with Gasteiger partial charge in [-0.25, -0.2) is 0 Å². The van der Waals surface area contributed by atoms with Gasteiger partial charge in [-0.15, -0.1) is 0 Å². The topological polar surface area (TPSA) is 146 Å². The molecule has 0 spiro atoms. The lowest BCUT2D eigenvalue weighted by molar-refractivity contribution is -0.149. The number of carbonyl (C=O) groups excluding carboxylic acids is 2. The van der Waals surface area contributed by atoms with E-state index in [1.165, 1.54) is 0 Å². The second-order valence-electron chi connectivity index (χ2n) is 6.83. The summed E-state index contributed by atoms with van der Waals surface area (Å²) in [5, 5.41) is 39.2. The Morgan fingerprint density at radius 2 is 1.08 bits per heavy atom. The van der Waals surface area contributed by atoms with Gasteiger partial charge >= 0.3 is 11.9 Å². The molecule has 0 amide bonds. The van der Waals surface area contributed by atoms with Crippen LogP contribution in [0, 0.1) is 10.8 Å². The molecule has 0 aliphatic carbocycles. The third kappa shape index (κ3) is 10.4. The van der Waals surface area contributed by atoms with Gasteiger partial charge in [-0.2, -0.15) is 0 Å². The van der Waals surface area contributed by atoms with Gasteiger partial charge in [-0.1, -0.05) is 13.8 Å². The molecule has 9 heteroatoms. The summed E-state index contributed by atoms with van der Waals surface area (Å²) in [6.07, 6.45) is 0.185. The minimum atomic E-state index is -0.857. The minimum Gasteiger partial charge on any atom is -0.465 e. The lowest BCUT2D eigenvalue weighted by Gasteiger charge is -2.24. The van der Waals surface area contributed by atoms with E-state index < -0.39 is 22.8 Å². The summed E-state index contributed by atoms with van der Waals surface area (Å²) >= 11 is 0. The molecule has 0 aromatic rings. The smallest absolute Gasteiger partial charge is 0.307 e. The summed E-state index contributed by atoms with van der Waals surface area (Å²) in [6.45, 7) is 2.53. The monoisotopic (exact) mass is 365 g/mol. The summed E-state index contributed by atoms with van der Waals surface area (Å²) in [7, 11) is 0. The van der Waals surface area contributed by atoms with Gasteiger partial charge in [0.1, 0.15) is 13.2 Å². The molecule has 0 saturated carbocycles. The summed E-state index contributed by atoms with van der Waals surface area (Å²) in [4.78, 5) is 23.1. The number of hydrogen-bond donors (Lipinski definition) is 5. The van der Waals surface area contributed by atoms with Crippen LogP contribution in [0.25, 0.3) is 0 Å². The zero-order valence-corrected chi connectivity index (χ0v) is 15.0. The van der Waals surface area contributed by atoms with E-state index in [1.807, 2.05) is 0 Å². The zero-order chi connectivity index (χ0) is 19.3. The van der Waals surface area contributed by atoms with Crippen LogP contribution < -0.4 is 5.32 Å². The highest BCUT2D eigenvalue weighted by molar-refractivity contribution is 5.70. The van der Waals surface area contributed by atoms with E-state index in [9.17, 15) is 9.59 Å². The first kappa shape index (κ1) is 23.7. The Morgan fingerprint density at radius 1 is 0.760 bits per heavy atom. The van der Waals surface area contributed by atoms with Gasteiger partial charge in [-0.05, 0) is 0 Å². The molecular formula is C16H31NO8. The van der Waals surface area contributed by atoms with Crippen LogP contribution in [0.2, 0.25) is 0 Å². The second kappa shape index (κ2) is 12.2. The molecule has 0 aliphatic rings. The van der Waals surface area contributed by atoms with Crippen LogP contribution in [0.15, 0.2) is 0 Å². The minimum absolute atomic E-state index is 0.0698. The number of ether oxygens (including phenoxy) is 2. The number of carbonyl (C=O) groups is 2. The second-order valence-corrected chi connectivity index (χ2v) is 6.83. The van der Waals surface area contributed by atoms with Gasteiger partial charge in [0, 0.05) is 23.9 Å². The van der Waals surface area contributed by atoms with E-state index in [4.69, 9.17) is 29.9 Å². The summed E-state index contributed by atoms with van der Waals surface area (Å²) in [6, 6.07) is 0. The van der Waals surface area contributed by atoms with Crippen molar-refractivity contribution in [2.24, 2.45) is 10.8 Å². The van der Waals surface area contributed by atoms with Crippen LogP contribution in [-0.2, 0) is 19.1 Å². The van der Waals surface area contributed by atoms with Gasteiger partial charge in [0.25, 0.3) is 0 Å². The molecule has 25 heavy (non-hydrogen) atoms. The van der Waals surface area contributed by atoms with Gasteiger partial charge in [0.05, 0.1) is 39.3 Å². The van der Waals surface area contributed by atoms with Gasteiger partial charge in [0.2, 0.25) is 0 Å². The predicted octanol–water partition coefficient (Wildman–Crippen LogP) is -1.58. The van der Waals surface area contributed by atoms with E-state index in [-0.39, 0.29) is 52.5 Å². The fourth-order valence-corrected chi connectivity index (χ4v) is 1.44. The number of hydrogen-bond acceptors (Lipinski definition) is 9. The van der Waals surface area contributed by atoms with Gasteiger partial charge < -0.3 is 35.2 Å². The van der Waals surface area contributed by atoms with Crippen molar-refractivity contribution in [2.45, 2.75) is 26.7 Å². The molecule has 0 rings (SSSR count). The van der Waals surface area contributed by atoms with Crippen LogP contribution in [0.3, 0.4) is 0 Å². The Labute approximate surface area is 147 Å². The van der Waals surface area contributed by atoms with Crippen molar-refractivity contribution in [3.8, 4) is 0 Å². The Morgan fingerprint density at radius 3 is 1.36 bits per heavy atom. The standard InChI is InChI=1S/C16H31NO8/c1-15(7-18,8-19)11-24-13(22)3-5-17-6-4-14(23)25-12-16(2,9-20)10-21/h17-21H,3-12H2,1-2H3. The summed E-state index contributed by atoms with van der Waals surface area (Å²) in [5.74, 6) is -0.935. The Bertz CT molecular complexity index is 358. The molecule has 0 aromatic heterocycles. The van der Waals surface area contributed by atoms with E-state index in [0.29, 0.717) is 13.1 Å². The van der Waals surface area contributed by atoms with E-state index in [0.717, 1.165) is 0 Å². The van der Waals surface area contributed by atoms with E-state index in [2.05, 4.69) is 5.32 Å². The van der Waals surface area contributed by atoms with Crippen molar-refractivity contribution in [3.63, 3.8) is 0 Å². The van der Waals surface area contributed by atoms with Crippen molar-refractivity contribution in [2.75, 3.05) is 52.7 Å². The van der Waals surface area contributed by atoms with Gasteiger partial charge in [0.15, 0.2) is 0 Å². The molecule has 0 heterocycles. The maximum atomic E-state index is 11.5. The van der Waals surface area contributed by atoms with Gasteiger partial charge in [-0.3, -0.25) is 9.59 Å². The van der Waals surface area contributed by atoms with Crippen molar-refractivity contribution in [3.05, 3.63) is 0 Å². The average molecular weight is 365 g/mol. The fourth-order valence-electron chi connectivity index (χ4n) is 1.44. The highest BCUT2D eigenvalue weighted by atomic mass is 16.5. The predicted molar refractivity (Wildman–Crippen MR) is 88.6 cm³/mol. The first-order valence-corrected chi connectivity index (χ1v) is 8.19. The van der Waals surface area contributed by atoms with Crippen molar-refractivity contribution in [1.82, 2.24) is 5.32 Å². The SMILES string of the molecule is CC(CO)(CO)COC(=O)CCNCCC(=O)OCC(C)(CO)CO. The molecule has 0 atom stereocenters. The number of esters is 2. The molecule has 0 radical (unpaired) electrons. The maximum Gasteiger partial charge on any atom is 0.307 e. The maximum absolute atomic E-state index is 11.5. The number of aliphatic hydroxyl groups is 4. The molecule has 0 unspecified atom stereocenters. The number of rotatable bonds is 14. The summed E-state index contributed by atoms with van der Waals surface area (Å²) < 4.78 is 9.96. The Balaban J connectivity index is 3.78. The molecule has 9 nitrogen and oxygen atoms in total. The largest absolute Gasteiger partial charge is 0.465 e. The number of nitrogens with one attached hydrogen (secondary N) is 1. The van der Waals surface area contributed by atoms with Crippen molar-refractivity contribution in [1.29, 1.82) is 0 Å². The highest BCUT2D eigenvalue weighted by Crippen LogP contribution is 2.15. The lowest BCUT2D eigenvalue weighted by atomic mass is 9.94. The summed E-state index contributed by atoms with van der Waals surface area (Å²) in [5.41, 5.74) is -1.71. The fraction of sp³-hybridized carbons (Fsp3) is 0.875. The molecule has 0 saturated heterocycles. The van der Waals surface area contributed by atoms with E-state index >= 15 is 0 Å². The number of aliphatic hydroxyl groups excluding tert-OH is 4. The molecule has 0 fully saturated rings.